The van der Waals surface area contributed by atoms with E-state index in [-0.39, 0.29) is 0 Å². The second-order valence-electron chi connectivity index (χ2n) is 7.06. The van der Waals surface area contributed by atoms with E-state index >= 15 is 0 Å². The van der Waals surface area contributed by atoms with Gasteiger partial charge in [0.2, 0.25) is 0 Å². The minimum atomic E-state index is 0.431. The summed E-state index contributed by atoms with van der Waals surface area (Å²) in [4.78, 5) is 11.1. The molecule has 0 bridgehead atoms. The number of rotatable bonds is 6. The highest BCUT2D eigenvalue weighted by Gasteiger charge is 2.25. The first-order chi connectivity index (χ1) is 13.3. The Labute approximate surface area is 159 Å². The first-order valence-corrected chi connectivity index (χ1v) is 9.44. The van der Waals surface area contributed by atoms with Crippen molar-refractivity contribution in [2.24, 2.45) is 0 Å². The fraction of sp³-hybridized carbons (Fsp3) is 0.381. The summed E-state index contributed by atoms with van der Waals surface area (Å²) in [5, 5.41) is 7.61. The highest BCUT2D eigenvalue weighted by Crippen LogP contribution is 2.30. The van der Waals surface area contributed by atoms with Gasteiger partial charge in [0.25, 0.3) is 0 Å². The molecule has 0 aliphatic carbocycles. The van der Waals surface area contributed by atoms with Gasteiger partial charge < -0.3 is 9.64 Å². The van der Waals surface area contributed by atoms with E-state index in [1.807, 2.05) is 12.3 Å². The van der Waals surface area contributed by atoms with Gasteiger partial charge in [-0.1, -0.05) is 30.3 Å². The average molecular weight is 363 g/mol. The summed E-state index contributed by atoms with van der Waals surface area (Å²) in [7, 11) is 1.69. The minimum absolute atomic E-state index is 0.431. The summed E-state index contributed by atoms with van der Waals surface area (Å²) in [6, 6.07) is 12.6. The molecular weight excluding hydrogens is 338 g/mol. The summed E-state index contributed by atoms with van der Waals surface area (Å²) in [5.41, 5.74) is 4.77. The molecule has 0 radical (unpaired) electrons. The van der Waals surface area contributed by atoms with Gasteiger partial charge in [0.1, 0.15) is 12.1 Å². The normalized spacial score (nSPS) is 17.2. The number of ether oxygens (including phenoxy) is 1. The summed E-state index contributed by atoms with van der Waals surface area (Å²) in [6.07, 6.45) is 6.82. The maximum absolute atomic E-state index is 5.20. The number of hydrogen-bond donors (Lipinski definition) is 1. The smallest absolute Gasteiger partial charge is 0.132 e. The number of nitrogens with zero attached hydrogens (tertiary/aromatic N) is 4. The molecule has 1 fully saturated rings. The Morgan fingerprint density at radius 3 is 2.96 bits per heavy atom. The first-order valence-electron chi connectivity index (χ1n) is 9.44. The van der Waals surface area contributed by atoms with Crippen LogP contribution in [0.15, 0.2) is 48.9 Å². The third kappa shape index (κ3) is 4.17. The van der Waals surface area contributed by atoms with Crippen LogP contribution in [0.4, 0.5) is 5.82 Å². The van der Waals surface area contributed by atoms with E-state index in [2.05, 4.69) is 55.4 Å². The van der Waals surface area contributed by atoms with Crippen LogP contribution < -0.4 is 4.90 Å². The lowest BCUT2D eigenvalue weighted by Gasteiger charge is -2.33. The molecule has 140 valence electrons. The number of piperidine rings is 1. The molecule has 0 amide bonds. The van der Waals surface area contributed by atoms with Crippen LogP contribution in [0.25, 0.3) is 0 Å². The van der Waals surface area contributed by atoms with Gasteiger partial charge in [0, 0.05) is 44.3 Å². The van der Waals surface area contributed by atoms with Gasteiger partial charge in [-0.05, 0) is 24.0 Å². The predicted molar refractivity (Wildman–Crippen MR) is 105 cm³/mol. The van der Waals surface area contributed by atoms with Gasteiger partial charge in [-0.25, -0.2) is 9.97 Å². The quantitative estimate of drug-likeness (QED) is 0.728. The average Bonchev–Trinajstić information content (AvgIpc) is 3.17. The number of aromatic nitrogens is 4. The molecule has 27 heavy (non-hydrogen) atoms. The molecule has 3 aromatic rings. The van der Waals surface area contributed by atoms with Crippen molar-refractivity contribution in [3.8, 4) is 0 Å². The minimum Gasteiger partial charge on any atom is -0.378 e. The Morgan fingerprint density at radius 2 is 2.11 bits per heavy atom. The number of methoxy groups -OCH3 is 1. The summed E-state index contributed by atoms with van der Waals surface area (Å²) in [5.74, 6) is 1.41. The standard InChI is InChI=1S/C21H25N5O/c1-27-14-19-11-20(23-15-22-19)26-9-5-8-17(13-26)21-18(12-24-25-21)10-16-6-3-2-4-7-16/h2-4,6-7,11-12,15,17H,5,8-10,13-14H2,1H3,(H,24,25)/t17-/m0/s1. The Morgan fingerprint density at radius 1 is 1.22 bits per heavy atom. The Hall–Kier alpha value is -2.73. The lowest BCUT2D eigenvalue weighted by atomic mass is 9.91. The summed E-state index contributed by atoms with van der Waals surface area (Å²) >= 11 is 0. The van der Waals surface area contributed by atoms with E-state index in [0.29, 0.717) is 12.5 Å². The van der Waals surface area contributed by atoms with Crippen molar-refractivity contribution in [3.63, 3.8) is 0 Å². The molecule has 0 saturated carbocycles. The molecule has 1 atom stereocenters. The molecule has 1 saturated heterocycles. The van der Waals surface area contributed by atoms with Gasteiger partial charge in [-0.2, -0.15) is 5.10 Å². The summed E-state index contributed by atoms with van der Waals surface area (Å²) < 4.78 is 5.20. The SMILES string of the molecule is COCc1cc(N2CCC[C@H](c3[nH]ncc3Cc3ccccc3)C2)ncn1. The monoisotopic (exact) mass is 363 g/mol. The van der Waals surface area contributed by atoms with Crippen molar-refractivity contribution in [1.29, 1.82) is 0 Å². The van der Waals surface area contributed by atoms with E-state index < -0.39 is 0 Å². The van der Waals surface area contributed by atoms with E-state index in [0.717, 1.165) is 43.9 Å². The molecule has 3 heterocycles. The predicted octanol–water partition coefficient (Wildman–Crippen LogP) is 3.32. The van der Waals surface area contributed by atoms with Crippen LogP contribution in [0, 0.1) is 0 Å². The van der Waals surface area contributed by atoms with Crippen LogP contribution >= 0.6 is 0 Å². The molecule has 0 spiro atoms. The zero-order chi connectivity index (χ0) is 18.5. The van der Waals surface area contributed by atoms with Crippen molar-refractivity contribution >= 4 is 5.82 Å². The van der Waals surface area contributed by atoms with Gasteiger partial charge in [0.05, 0.1) is 18.5 Å². The molecule has 6 nitrogen and oxygen atoms in total. The number of hydrogen-bond acceptors (Lipinski definition) is 5. The maximum atomic E-state index is 5.20. The van der Waals surface area contributed by atoms with Crippen LogP contribution in [0.3, 0.4) is 0 Å². The highest BCUT2D eigenvalue weighted by molar-refractivity contribution is 5.41. The van der Waals surface area contributed by atoms with Crippen molar-refractivity contribution in [1.82, 2.24) is 20.2 Å². The van der Waals surface area contributed by atoms with Crippen LogP contribution in [0.2, 0.25) is 0 Å². The zero-order valence-corrected chi connectivity index (χ0v) is 15.6. The molecule has 1 aliphatic rings. The van der Waals surface area contributed by atoms with Gasteiger partial charge in [-0.3, -0.25) is 5.10 Å². The van der Waals surface area contributed by atoms with Gasteiger partial charge >= 0.3 is 0 Å². The fourth-order valence-electron chi connectivity index (χ4n) is 3.84. The van der Waals surface area contributed by atoms with Crippen LogP contribution in [0.1, 0.15) is 41.3 Å². The molecule has 1 aliphatic heterocycles. The fourth-order valence-corrected chi connectivity index (χ4v) is 3.84. The van der Waals surface area contributed by atoms with Crippen molar-refractivity contribution < 1.29 is 4.74 Å². The Bertz CT molecular complexity index is 864. The van der Waals surface area contributed by atoms with Crippen LogP contribution in [-0.4, -0.2) is 40.4 Å². The van der Waals surface area contributed by atoms with Gasteiger partial charge in [-0.15, -0.1) is 0 Å². The topological polar surface area (TPSA) is 66.9 Å². The van der Waals surface area contributed by atoms with E-state index in [1.54, 1.807) is 13.4 Å². The number of nitrogens with one attached hydrogen (secondary N) is 1. The second kappa shape index (κ2) is 8.31. The van der Waals surface area contributed by atoms with Crippen molar-refractivity contribution in [2.45, 2.75) is 31.8 Å². The largest absolute Gasteiger partial charge is 0.378 e. The van der Waals surface area contributed by atoms with Crippen LogP contribution in [-0.2, 0) is 17.8 Å². The Kier molecular flexibility index (Phi) is 5.44. The third-order valence-electron chi connectivity index (χ3n) is 5.14. The molecule has 1 aromatic carbocycles. The molecular formula is C21H25N5O. The number of aromatic amines is 1. The van der Waals surface area contributed by atoms with Crippen molar-refractivity contribution in [3.05, 3.63) is 71.4 Å². The molecule has 2 aromatic heterocycles. The highest BCUT2D eigenvalue weighted by atomic mass is 16.5. The number of benzene rings is 1. The molecule has 4 rings (SSSR count). The first kappa shape index (κ1) is 17.7. The van der Waals surface area contributed by atoms with E-state index in [4.69, 9.17) is 4.74 Å². The lowest BCUT2D eigenvalue weighted by Crippen LogP contribution is -2.35. The van der Waals surface area contributed by atoms with E-state index in [9.17, 15) is 0 Å². The number of H-pyrrole nitrogens is 1. The maximum Gasteiger partial charge on any atom is 0.132 e. The molecule has 1 N–H and O–H groups in total. The Balaban J connectivity index is 1.51. The van der Waals surface area contributed by atoms with E-state index in [1.165, 1.54) is 16.8 Å². The van der Waals surface area contributed by atoms with Gasteiger partial charge in [0.15, 0.2) is 0 Å². The van der Waals surface area contributed by atoms with Crippen LogP contribution in [0.5, 0.6) is 0 Å². The number of anilines is 1. The summed E-state index contributed by atoms with van der Waals surface area (Å²) in [6.45, 7) is 2.46. The lowest BCUT2D eigenvalue weighted by molar-refractivity contribution is 0.181. The molecule has 0 unspecified atom stereocenters. The second-order valence-corrected chi connectivity index (χ2v) is 7.06. The molecule has 6 heteroatoms. The zero-order valence-electron chi connectivity index (χ0n) is 15.6. The van der Waals surface area contributed by atoms with Crippen molar-refractivity contribution in [2.75, 3.05) is 25.1 Å². The third-order valence-corrected chi connectivity index (χ3v) is 5.14.